The smallest absolute Gasteiger partial charge is 0.193 e. The van der Waals surface area contributed by atoms with Crippen molar-refractivity contribution in [3.63, 3.8) is 0 Å². The predicted octanol–water partition coefficient (Wildman–Crippen LogP) is 3.60. The van der Waals surface area contributed by atoms with Gasteiger partial charge in [-0.3, -0.25) is 9.89 Å². The Bertz CT molecular complexity index is 674. The maximum atomic E-state index is 4.52. The monoisotopic (exact) mass is 487 g/mol. The molecule has 2 rings (SSSR count). The van der Waals surface area contributed by atoms with Gasteiger partial charge in [-0.25, -0.2) is 4.98 Å². The Morgan fingerprint density at radius 1 is 1.23 bits per heavy atom. The van der Waals surface area contributed by atoms with Crippen molar-refractivity contribution in [2.75, 3.05) is 27.7 Å². The third kappa shape index (κ3) is 7.20. The predicted molar refractivity (Wildman–Crippen MR) is 122 cm³/mol. The van der Waals surface area contributed by atoms with Gasteiger partial charge in [-0.05, 0) is 26.5 Å². The molecule has 0 fully saturated rings. The van der Waals surface area contributed by atoms with Crippen LogP contribution in [0.4, 0.5) is 0 Å². The van der Waals surface area contributed by atoms with Crippen LogP contribution in [0, 0.1) is 6.92 Å². The number of halogens is 1. The highest BCUT2D eigenvalue weighted by atomic mass is 127. The summed E-state index contributed by atoms with van der Waals surface area (Å²) in [5.74, 6) is 0.894. The molecule has 0 aliphatic heterocycles. The van der Waals surface area contributed by atoms with Crippen LogP contribution < -0.4 is 5.32 Å². The van der Waals surface area contributed by atoms with Gasteiger partial charge in [0, 0.05) is 38.6 Å². The average molecular weight is 487 g/mol. The quantitative estimate of drug-likeness (QED) is 0.368. The molecule has 0 amide bonds. The lowest BCUT2D eigenvalue weighted by molar-refractivity contribution is 0.247. The van der Waals surface area contributed by atoms with Gasteiger partial charge in [0.2, 0.25) is 0 Å². The Kier molecular flexibility index (Phi) is 10.1. The van der Waals surface area contributed by atoms with Crippen molar-refractivity contribution in [3.8, 4) is 0 Å². The van der Waals surface area contributed by atoms with Gasteiger partial charge in [-0.2, -0.15) is 0 Å². The first-order valence-electron chi connectivity index (χ1n) is 8.56. The molecule has 0 aliphatic carbocycles. The summed E-state index contributed by atoms with van der Waals surface area (Å²) in [4.78, 5) is 13.4. The minimum atomic E-state index is 0. The minimum Gasteiger partial charge on any atom is -0.355 e. The highest BCUT2D eigenvalue weighted by Crippen LogP contribution is 2.10. The van der Waals surface area contributed by atoms with E-state index in [2.05, 4.69) is 74.8 Å². The number of hydrogen-bond donors (Lipinski definition) is 1. The first-order valence-corrected chi connectivity index (χ1v) is 9.44. The van der Waals surface area contributed by atoms with E-state index >= 15 is 0 Å². The van der Waals surface area contributed by atoms with Crippen molar-refractivity contribution >= 4 is 41.3 Å². The van der Waals surface area contributed by atoms with Crippen LogP contribution in [0.25, 0.3) is 0 Å². The summed E-state index contributed by atoms with van der Waals surface area (Å²) >= 11 is 1.68. The van der Waals surface area contributed by atoms with Crippen molar-refractivity contribution in [1.82, 2.24) is 20.1 Å². The number of nitrogens with zero attached hydrogens (tertiary/aromatic N) is 4. The van der Waals surface area contributed by atoms with Gasteiger partial charge >= 0.3 is 0 Å². The second kappa shape index (κ2) is 11.5. The summed E-state index contributed by atoms with van der Waals surface area (Å²) in [6.07, 6.45) is 0. The molecule has 1 unspecified atom stereocenters. The molecule has 26 heavy (non-hydrogen) atoms. The maximum Gasteiger partial charge on any atom is 0.193 e. The zero-order valence-corrected chi connectivity index (χ0v) is 19.4. The van der Waals surface area contributed by atoms with E-state index in [-0.39, 0.29) is 24.0 Å². The van der Waals surface area contributed by atoms with E-state index in [1.807, 2.05) is 21.0 Å². The summed E-state index contributed by atoms with van der Waals surface area (Å²) in [6, 6.07) is 11.0. The van der Waals surface area contributed by atoms with E-state index in [9.17, 15) is 0 Å². The van der Waals surface area contributed by atoms with Gasteiger partial charge in [-0.1, -0.05) is 30.3 Å². The average Bonchev–Trinajstić information content (AvgIpc) is 3.00. The number of aromatic nitrogens is 1. The molecule has 2 aromatic rings. The molecule has 1 atom stereocenters. The van der Waals surface area contributed by atoms with Crippen LogP contribution in [-0.4, -0.2) is 54.5 Å². The lowest BCUT2D eigenvalue weighted by Crippen LogP contribution is -2.45. The van der Waals surface area contributed by atoms with Gasteiger partial charge in [0.05, 0.1) is 17.2 Å². The summed E-state index contributed by atoms with van der Waals surface area (Å²) in [5.41, 5.74) is 2.42. The first-order chi connectivity index (χ1) is 12.0. The third-order valence-electron chi connectivity index (χ3n) is 4.22. The SMILES string of the molecule is CN=C(NCC(C)N(C)Cc1ccccc1)N(C)Cc1csc(C)n1.I. The molecule has 0 radical (unpaired) electrons. The van der Waals surface area contributed by atoms with E-state index in [1.54, 1.807) is 11.3 Å². The van der Waals surface area contributed by atoms with Gasteiger partial charge in [0.25, 0.3) is 0 Å². The first kappa shape index (κ1) is 22.9. The normalized spacial score (nSPS) is 12.6. The number of thiazole rings is 1. The number of rotatable bonds is 7. The van der Waals surface area contributed by atoms with Gasteiger partial charge in [0.1, 0.15) is 0 Å². The zero-order chi connectivity index (χ0) is 18.2. The van der Waals surface area contributed by atoms with E-state index in [1.165, 1.54) is 5.56 Å². The topological polar surface area (TPSA) is 43.8 Å². The number of likely N-dealkylation sites (N-methyl/N-ethyl adjacent to an activating group) is 1. The number of hydrogen-bond acceptors (Lipinski definition) is 4. The Labute approximate surface area is 178 Å². The molecule has 7 heteroatoms. The maximum absolute atomic E-state index is 4.52. The summed E-state index contributed by atoms with van der Waals surface area (Å²) in [7, 11) is 6.02. The summed E-state index contributed by atoms with van der Waals surface area (Å²) in [5, 5.41) is 6.68. The lowest BCUT2D eigenvalue weighted by Gasteiger charge is -2.28. The van der Waals surface area contributed by atoms with Gasteiger partial charge in [-0.15, -0.1) is 35.3 Å². The number of guanidine groups is 1. The molecule has 0 aliphatic rings. The molecular weight excluding hydrogens is 457 g/mol. The van der Waals surface area contributed by atoms with Gasteiger partial charge in [0.15, 0.2) is 5.96 Å². The molecule has 144 valence electrons. The number of aliphatic imine (C=N–C) groups is 1. The molecule has 1 aromatic heterocycles. The molecule has 1 N–H and O–H groups in total. The second-order valence-corrected chi connectivity index (χ2v) is 7.45. The van der Waals surface area contributed by atoms with Crippen LogP contribution in [0.2, 0.25) is 0 Å². The fourth-order valence-corrected chi connectivity index (χ4v) is 3.21. The molecule has 0 bridgehead atoms. The van der Waals surface area contributed by atoms with E-state index < -0.39 is 0 Å². The van der Waals surface area contributed by atoms with Crippen molar-refractivity contribution in [3.05, 3.63) is 52.0 Å². The van der Waals surface area contributed by atoms with Gasteiger partial charge < -0.3 is 10.2 Å². The Hall–Kier alpha value is -1.19. The third-order valence-corrected chi connectivity index (χ3v) is 5.04. The van der Waals surface area contributed by atoms with Crippen molar-refractivity contribution in [1.29, 1.82) is 0 Å². The molecule has 0 saturated heterocycles. The van der Waals surface area contributed by atoms with Crippen LogP contribution in [0.15, 0.2) is 40.7 Å². The fourth-order valence-electron chi connectivity index (χ4n) is 2.61. The highest BCUT2D eigenvalue weighted by Gasteiger charge is 2.13. The largest absolute Gasteiger partial charge is 0.355 e. The fraction of sp³-hybridized carbons (Fsp3) is 0.474. The Morgan fingerprint density at radius 2 is 1.92 bits per heavy atom. The Balaban J connectivity index is 0.00000338. The van der Waals surface area contributed by atoms with Crippen molar-refractivity contribution in [2.45, 2.75) is 33.0 Å². The molecule has 0 saturated carbocycles. The summed E-state index contributed by atoms with van der Waals surface area (Å²) in [6.45, 7) is 6.81. The van der Waals surface area contributed by atoms with E-state index in [4.69, 9.17) is 0 Å². The standard InChI is InChI=1S/C19H29N5S.HI/c1-15(23(4)12-17-9-7-6-8-10-17)11-21-19(20-3)24(5)13-18-14-25-16(2)22-18;/h6-10,14-15H,11-13H2,1-5H3,(H,20,21);1H. The summed E-state index contributed by atoms with van der Waals surface area (Å²) < 4.78 is 0. The number of benzene rings is 1. The lowest BCUT2D eigenvalue weighted by atomic mass is 10.2. The second-order valence-electron chi connectivity index (χ2n) is 6.39. The minimum absolute atomic E-state index is 0. The molecule has 0 spiro atoms. The van der Waals surface area contributed by atoms with E-state index in [0.29, 0.717) is 6.04 Å². The van der Waals surface area contributed by atoms with Crippen LogP contribution in [0.3, 0.4) is 0 Å². The molecular formula is C19H30IN5S. The zero-order valence-electron chi connectivity index (χ0n) is 16.3. The molecule has 1 heterocycles. The van der Waals surface area contributed by atoms with Crippen LogP contribution in [0.5, 0.6) is 0 Å². The number of aryl methyl sites for hydroxylation is 1. The molecule has 5 nitrogen and oxygen atoms in total. The van der Waals surface area contributed by atoms with Crippen LogP contribution >= 0.6 is 35.3 Å². The molecule has 1 aromatic carbocycles. The highest BCUT2D eigenvalue weighted by molar-refractivity contribution is 14.0. The van der Waals surface area contributed by atoms with Crippen molar-refractivity contribution < 1.29 is 0 Å². The van der Waals surface area contributed by atoms with Crippen LogP contribution in [0.1, 0.15) is 23.2 Å². The van der Waals surface area contributed by atoms with Crippen LogP contribution in [-0.2, 0) is 13.1 Å². The number of nitrogens with one attached hydrogen (secondary N) is 1. The Morgan fingerprint density at radius 3 is 2.50 bits per heavy atom. The van der Waals surface area contributed by atoms with E-state index in [0.717, 1.165) is 36.3 Å². The van der Waals surface area contributed by atoms with Crippen molar-refractivity contribution in [2.24, 2.45) is 4.99 Å².